The number of hydrogen-bond acceptors (Lipinski definition) is 5. The Kier molecular flexibility index (Phi) is 5.18. The average molecular weight is 404 g/mol. The van der Waals surface area contributed by atoms with Gasteiger partial charge in [-0.25, -0.2) is 0 Å². The van der Waals surface area contributed by atoms with Gasteiger partial charge in [0, 0.05) is 50.4 Å². The van der Waals surface area contributed by atoms with E-state index in [0.29, 0.717) is 18.3 Å². The van der Waals surface area contributed by atoms with E-state index >= 15 is 0 Å². The summed E-state index contributed by atoms with van der Waals surface area (Å²) in [5.41, 5.74) is 1.34. The molecule has 0 radical (unpaired) electrons. The van der Waals surface area contributed by atoms with E-state index < -0.39 is 5.79 Å². The first-order valence-corrected chi connectivity index (χ1v) is 11.1. The van der Waals surface area contributed by atoms with Crippen LogP contribution in [0.3, 0.4) is 0 Å². The van der Waals surface area contributed by atoms with Gasteiger partial charge in [0.25, 0.3) is 0 Å². The van der Waals surface area contributed by atoms with Gasteiger partial charge in [-0.3, -0.25) is 0 Å². The van der Waals surface area contributed by atoms with Gasteiger partial charge in [0.15, 0.2) is 12.1 Å². The molecule has 4 fully saturated rings. The topological polar surface area (TPSA) is 60.7 Å². The number of nitriles is 1. The fourth-order valence-electron chi connectivity index (χ4n) is 7.99. The Morgan fingerprint density at radius 1 is 1.17 bits per heavy atom. The fraction of sp³-hybridized carbons (Fsp3) is 0.875. The molecule has 0 aromatic heterocycles. The van der Waals surface area contributed by atoms with Crippen molar-refractivity contribution in [1.29, 1.82) is 5.26 Å². The lowest BCUT2D eigenvalue weighted by atomic mass is 9.42. The molecule has 2 aliphatic heterocycles. The lowest BCUT2D eigenvalue weighted by Crippen LogP contribution is -2.68. The largest absolute Gasteiger partial charge is 0.355 e. The summed E-state index contributed by atoms with van der Waals surface area (Å²) in [7, 11) is 5.22. The van der Waals surface area contributed by atoms with Crippen molar-refractivity contribution >= 4 is 0 Å². The molecule has 6 atom stereocenters. The first-order chi connectivity index (χ1) is 13.8. The monoisotopic (exact) mass is 403 g/mol. The van der Waals surface area contributed by atoms with E-state index in [1.807, 2.05) is 0 Å². The molecular formula is C24H37NO4. The van der Waals surface area contributed by atoms with Gasteiger partial charge >= 0.3 is 0 Å². The van der Waals surface area contributed by atoms with Crippen molar-refractivity contribution in [3.05, 3.63) is 11.6 Å². The predicted molar refractivity (Wildman–Crippen MR) is 110 cm³/mol. The molecule has 5 aliphatic rings. The third kappa shape index (κ3) is 2.59. The summed E-state index contributed by atoms with van der Waals surface area (Å²) in [4.78, 5) is 0. The lowest BCUT2D eigenvalue weighted by Gasteiger charge is -2.68. The van der Waals surface area contributed by atoms with Gasteiger partial charge in [0.05, 0.1) is 12.7 Å². The molecule has 2 heterocycles. The van der Waals surface area contributed by atoms with Crippen LogP contribution in [0.4, 0.5) is 0 Å². The third-order valence-corrected chi connectivity index (χ3v) is 9.41. The van der Waals surface area contributed by atoms with Crippen LogP contribution in [-0.4, -0.2) is 40.0 Å². The zero-order chi connectivity index (χ0) is 21.1. The normalized spacial score (nSPS) is 45.3. The highest BCUT2D eigenvalue weighted by Gasteiger charge is 2.68. The highest BCUT2D eigenvalue weighted by molar-refractivity contribution is 5.35. The molecule has 0 amide bonds. The van der Waals surface area contributed by atoms with Crippen LogP contribution in [0.15, 0.2) is 11.6 Å². The van der Waals surface area contributed by atoms with Gasteiger partial charge in [-0.1, -0.05) is 32.4 Å². The van der Waals surface area contributed by atoms with Crippen LogP contribution >= 0.6 is 0 Å². The van der Waals surface area contributed by atoms with E-state index in [0.717, 1.165) is 38.7 Å². The molecule has 2 bridgehead atoms. The number of ether oxygens (including phenoxy) is 4. The second-order valence-corrected chi connectivity index (χ2v) is 10.5. The molecule has 29 heavy (non-hydrogen) atoms. The molecule has 2 saturated heterocycles. The summed E-state index contributed by atoms with van der Waals surface area (Å²) in [5, 5.41) is 9.69. The molecule has 0 N–H and O–H groups in total. The standard InChI is InChI=1S/C24H37NO4/c1-21(2)19-8-7-16-17(10-14-25)22(3,20(26-4)27-5)11-9-18(16)23(19)12-13-24(21,28-6)29-15-23/h8,16-18,20H,7,9-13,15H2,1-6H3. The van der Waals surface area contributed by atoms with Gasteiger partial charge in [0.1, 0.15) is 0 Å². The maximum atomic E-state index is 9.69. The second-order valence-electron chi connectivity index (χ2n) is 10.5. The molecule has 3 aliphatic carbocycles. The van der Waals surface area contributed by atoms with Crippen LogP contribution in [-0.2, 0) is 18.9 Å². The summed E-state index contributed by atoms with van der Waals surface area (Å²) in [5.74, 6) is 0.748. The first kappa shape index (κ1) is 21.3. The lowest BCUT2D eigenvalue weighted by molar-refractivity contribution is -0.346. The van der Waals surface area contributed by atoms with Crippen LogP contribution in [0.25, 0.3) is 0 Å². The molecule has 162 valence electrons. The Morgan fingerprint density at radius 2 is 1.90 bits per heavy atom. The Hall–Kier alpha value is -0.930. The molecule has 5 rings (SSSR count). The van der Waals surface area contributed by atoms with Crippen molar-refractivity contribution < 1.29 is 18.9 Å². The van der Waals surface area contributed by atoms with Gasteiger partial charge in [-0.2, -0.15) is 5.26 Å². The van der Waals surface area contributed by atoms with Crippen LogP contribution < -0.4 is 0 Å². The quantitative estimate of drug-likeness (QED) is 0.493. The van der Waals surface area contributed by atoms with E-state index in [1.54, 1.807) is 26.9 Å². The number of nitrogens with zero attached hydrogens (tertiary/aromatic N) is 1. The van der Waals surface area contributed by atoms with Gasteiger partial charge in [-0.15, -0.1) is 0 Å². The van der Waals surface area contributed by atoms with Gasteiger partial charge in [0.2, 0.25) is 0 Å². The van der Waals surface area contributed by atoms with Crippen molar-refractivity contribution in [2.45, 2.75) is 71.4 Å². The SMILES string of the molecule is COC(OC)C1(C)CCC2C(CC=C3C24CCC(OC)(OC4)C3(C)C)C1CC#N. The maximum absolute atomic E-state index is 9.69. The smallest absolute Gasteiger partial charge is 0.176 e. The van der Waals surface area contributed by atoms with E-state index in [4.69, 9.17) is 18.9 Å². The van der Waals surface area contributed by atoms with Gasteiger partial charge in [-0.05, 0) is 43.4 Å². The van der Waals surface area contributed by atoms with E-state index in [-0.39, 0.29) is 28.5 Å². The summed E-state index contributed by atoms with van der Waals surface area (Å²) in [6, 6.07) is 2.49. The minimum Gasteiger partial charge on any atom is -0.355 e. The minimum absolute atomic E-state index is 0.0807. The van der Waals surface area contributed by atoms with Crippen molar-refractivity contribution in [2.24, 2.45) is 34.0 Å². The van der Waals surface area contributed by atoms with Crippen molar-refractivity contribution in [1.82, 2.24) is 0 Å². The fourth-order valence-corrected chi connectivity index (χ4v) is 7.99. The zero-order valence-corrected chi connectivity index (χ0v) is 18.9. The third-order valence-electron chi connectivity index (χ3n) is 9.41. The zero-order valence-electron chi connectivity index (χ0n) is 18.9. The summed E-state index contributed by atoms with van der Waals surface area (Å²) in [6.07, 6.45) is 7.97. The molecular weight excluding hydrogens is 366 g/mol. The molecule has 0 aromatic carbocycles. The van der Waals surface area contributed by atoms with E-state index in [2.05, 4.69) is 32.9 Å². The highest BCUT2D eigenvalue weighted by atomic mass is 16.7. The minimum atomic E-state index is -0.500. The van der Waals surface area contributed by atoms with Gasteiger partial charge < -0.3 is 18.9 Å². The second kappa shape index (κ2) is 7.05. The predicted octanol–water partition coefficient (Wildman–Crippen LogP) is 4.68. The molecule has 0 aromatic rings. The molecule has 6 unspecified atom stereocenters. The van der Waals surface area contributed by atoms with Crippen LogP contribution in [0.5, 0.6) is 0 Å². The Balaban J connectivity index is 1.76. The first-order valence-electron chi connectivity index (χ1n) is 11.1. The summed E-state index contributed by atoms with van der Waals surface area (Å²) < 4.78 is 23.9. The highest BCUT2D eigenvalue weighted by Crippen LogP contribution is 2.70. The van der Waals surface area contributed by atoms with Crippen molar-refractivity contribution in [3.8, 4) is 6.07 Å². The van der Waals surface area contributed by atoms with Crippen LogP contribution in [0.2, 0.25) is 0 Å². The van der Waals surface area contributed by atoms with Crippen LogP contribution in [0.1, 0.15) is 59.3 Å². The molecule has 2 saturated carbocycles. The van der Waals surface area contributed by atoms with E-state index in [1.165, 1.54) is 0 Å². The summed E-state index contributed by atoms with van der Waals surface area (Å²) in [6.45, 7) is 7.59. The van der Waals surface area contributed by atoms with E-state index in [9.17, 15) is 5.26 Å². The Morgan fingerprint density at radius 3 is 2.45 bits per heavy atom. The summed E-state index contributed by atoms with van der Waals surface area (Å²) >= 11 is 0. The molecule has 5 heteroatoms. The average Bonchev–Trinajstić information content (AvgIpc) is 2.71. The molecule has 5 nitrogen and oxygen atoms in total. The number of hydrogen-bond donors (Lipinski definition) is 0. The van der Waals surface area contributed by atoms with Crippen molar-refractivity contribution in [3.63, 3.8) is 0 Å². The number of methoxy groups -OCH3 is 3. The number of allylic oxidation sites excluding steroid dienone is 1. The van der Waals surface area contributed by atoms with Crippen molar-refractivity contribution in [2.75, 3.05) is 27.9 Å². The Bertz CT molecular complexity index is 711. The molecule has 1 spiro atoms. The number of fused-ring (bicyclic) bond motifs is 3. The Labute approximate surface area is 175 Å². The number of rotatable bonds is 5. The van der Waals surface area contributed by atoms with Crippen LogP contribution in [0, 0.1) is 45.3 Å². The maximum Gasteiger partial charge on any atom is 0.176 e.